The second-order valence-corrected chi connectivity index (χ2v) is 8.08. The van der Waals surface area contributed by atoms with Crippen molar-refractivity contribution in [3.05, 3.63) is 60.8 Å². The van der Waals surface area contributed by atoms with Gasteiger partial charge in [-0.05, 0) is 58.4 Å². The van der Waals surface area contributed by atoms with Crippen LogP contribution in [0.5, 0.6) is 0 Å². The van der Waals surface area contributed by atoms with E-state index in [1.165, 1.54) is 22.8 Å². The largest absolute Gasteiger partial charge is 0.421 e. The summed E-state index contributed by atoms with van der Waals surface area (Å²) >= 11 is 3.26. The maximum atomic E-state index is 13.4. The van der Waals surface area contributed by atoms with E-state index in [9.17, 15) is 33.2 Å². The Balaban J connectivity index is 2.49. The third-order valence-corrected chi connectivity index (χ3v) is 5.77. The smallest absolute Gasteiger partial charge is 0.376 e. The molecule has 160 valence electrons. The highest BCUT2D eigenvalue weighted by molar-refractivity contribution is 9.10. The quantitative estimate of drug-likeness (QED) is 0.297. The van der Waals surface area contributed by atoms with Gasteiger partial charge in [0.05, 0.1) is 15.8 Å². The molecule has 3 rings (SSSR count). The van der Waals surface area contributed by atoms with Gasteiger partial charge < -0.3 is 9.67 Å². The molecule has 1 N–H and O–H groups in total. The lowest BCUT2D eigenvalue weighted by atomic mass is 9.92. The lowest BCUT2D eigenvalue weighted by molar-refractivity contribution is -0.384. The minimum Gasteiger partial charge on any atom is -0.376 e. The number of nitro groups is 1. The molecule has 0 saturated heterocycles. The van der Waals surface area contributed by atoms with Crippen LogP contribution in [0.2, 0.25) is 0 Å². The number of hydrogen-bond acceptors (Lipinski definition) is 4. The highest BCUT2D eigenvalue weighted by atomic mass is 79.9. The topological polar surface area (TPSA) is 85.4 Å². The number of rotatable bonds is 5. The lowest BCUT2D eigenvalue weighted by Crippen LogP contribution is -2.39. The molecule has 0 aliphatic heterocycles. The van der Waals surface area contributed by atoms with E-state index in [0.717, 1.165) is 18.6 Å². The van der Waals surface area contributed by atoms with Gasteiger partial charge in [-0.3, -0.25) is 14.9 Å². The van der Waals surface area contributed by atoms with Gasteiger partial charge in [0.15, 0.2) is 5.60 Å². The summed E-state index contributed by atoms with van der Waals surface area (Å²) in [5.41, 5.74) is -3.92. The molecule has 1 unspecified atom stereocenters. The summed E-state index contributed by atoms with van der Waals surface area (Å²) in [6, 6.07) is 6.00. The summed E-state index contributed by atoms with van der Waals surface area (Å²) < 4.78 is 41.9. The molecule has 2 aromatic carbocycles. The molecular formula is C20H18BrF3N2O4. The zero-order chi connectivity index (χ0) is 22.4. The van der Waals surface area contributed by atoms with Crippen LogP contribution in [0.25, 0.3) is 21.7 Å². The summed E-state index contributed by atoms with van der Waals surface area (Å²) in [5, 5.41) is 21.9. The maximum absolute atomic E-state index is 13.4. The van der Waals surface area contributed by atoms with Gasteiger partial charge in [0, 0.05) is 28.5 Å². The SMILES string of the molecule is CCCCn1c(=O)c2cc([N+](=O)[O-])ccc2c2cc(C(C)(O)C(F)(F)F)cc(Br)c21. The molecule has 1 atom stereocenters. The molecule has 0 radical (unpaired) electrons. The minimum atomic E-state index is -4.93. The Bertz CT molecular complexity index is 1220. The van der Waals surface area contributed by atoms with Crippen LogP contribution in [-0.2, 0) is 12.1 Å². The third-order valence-electron chi connectivity index (χ3n) is 5.16. The first kappa shape index (κ1) is 22.2. The summed E-state index contributed by atoms with van der Waals surface area (Å²) in [5.74, 6) is 0. The Hall–Kier alpha value is -2.46. The minimum absolute atomic E-state index is 0.0310. The fraction of sp³-hybridized carbons (Fsp3) is 0.350. The standard InChI is InChI=1S/C20H18BrF3N2O4/c1-3-4-7-25-17-14(8-11(9-16(17)21)19(2,28)20(22,23)24)13-6-5-12(26(29)30)10-15(13)18(25)27/h5-6,8-10,28H,3-4,7H2,1-2H3. The monoisotopic (exact) mass is 486 g/mol. The summed E-state index contributed by atoms with van der Waals surface area (Å²) in [6.07, 6.45) is -3.53. The Morgan fingerprint density at radius 3 is 2.40 bits per heavy atom. The predicted molar refractivity (Wildman–Crippen MR) is 111 cm³/mol. The van der Waals surface area contributed by atoms with Gasteiger partial charge in [-0.1, -0.05) is 13.3 Å². The van der Waals surface area contributed by atoms with E-state index in [4.69, 9.17) is 0 Å². The third kappa shape index (κ3) is 3.58. The average molecular weight is 487 g/mol. The van der Waals surface area contributed by atoms with E-state index in [0.29, 0.717) is 18.9 Å². The number of aromatic nitrogens is 1. The van der Waals surface area contributed by atoms with Crippen molar-refractivity contribution in [2.45, 2.75) is 45.0 Å². The lowest BCUT2D eigenvalue weighted by Gasteiger charge is -2.27. The maximum Gasteiger partial charge on any atom is 0.421 e. The molecule has 0 saturated carbocycles. The van der Waals surface area contributed by atoms with Crippen LogP contribution < -0.4 is 5.56 Å². The van der Waals surface area contributed by atoms with Crippen molar-refractivity contribution < 1.29 is 23.2 Å². The zero-order valence-electron chi connectivity index (χ0n) is 16.1. The molecule has 0 aliphatic rings. The fourth-order valence-corrected chi connectivity index (χ4v) is 4.03. The van der Waals surface area contributed by atoms with Gasteiger partial charge in [0.25, 0.3) is 11.2 Å². The van der Waals surface area contributed by atoms with Crippen LogP contribution in [0.4, 0.5) is 18.9 Å². The Morgan fingerprint density at radius 2 is 1.83 bits per heavy atom. The van der Waals surface area contributed by atoms with Crippen molar-refractivity contribution in [1.29, 1.82) is 0 Å². The van der Waals surface area contributed by atoms with Crippen molar-refractivity contribution in [2.24, 2.45) is 0 Å². The number of non-ortho nitro benzene ring substituents is 1. The van der Waals surface area contributed by atoms with Crippen LogP contribution in [0.1, 0.15) is 32.3 Å². The number of nitrogens with zero attached hydrogens (tertiary/aromatic N) is 2. The summed E-state index contributed by atoms with van der Waals surface area (Å²) in [4.78, 5) is 23.6. The average Bonchev–Trinajstić information content (AvgIpc) is 2.66. The number of benzene rings is 2. The van der Waals surface area contributed by atoms with Crippen molar-refractivity contribution >= 4 is 43.3 Å². The summed E-state index contributed by atoms with van der Waals surface area (Å²) in [7, 11) is 0. The first-order valence-electron chi connectivity index (χ1n) is 9.14. The molecule has 0 fully saturated rings. The Labute approximate surface area is 177 Å². The van der Waals surface area contributed by atoms with Crippen molar-refractivity contribution in [3.63, 3.8) is 0 Å². The van der Waals surface area contributed by atoms with Crippen LogP contribution in [0.15, 0.2) is 39.6 Å². The number of pyridine rings is 1. The van der Waals surface area contributed by atoms with Gasteiger partial charge in [-0.2, -0.15) is 13.2 Å². The van der Waals surface area contributed by atoms with Gasteiger partial charge in [-0.25, -0.2) is 0 Å². The van der Waals surface area contributed by atoms with Crippen molar-refractivity contribution in [3.8, 4) is 0 Å². The van der Waals surface area contributed by atoms with Crippen LogP contribution in [0, 0.1) is 10.1 Å². The number of unbranched alkanes of at least 4 members (excludes halogenated alkanes) is 1. The number of alkyl halides is 3. The highest BCUT2D eigenvalue weighted by Crippen LogP contribution is 2.42. The number of aryl methyl sites for hydroxylation is 1. The molecule has 30 heavy (non-hydrogen) atoms. The molecular weight excluding hydrogens is 469 g/mol. The van der Waals surface area contributed by atoms with Gasteiger partial charge >= 0.3 is 6.18 Å². The van der Waals surface area contributed by atoms with E-state index >= 15 is 0 Å². The zero-order valence-corrected chi connectivity index (χ0v) is 17.7. The van der Waals surface area contributed by atoms with Crippen molar-refractivity contribution in [2.75, 3.05) is 0 Å². The van der Waals surface area contributed by atoms with Crippen LogP contribution in [0.3, 0.4) is 0 Å². The van der Waals surface area contributed by atoms with Gasteiger partial charge in [0.2, 0.25) is 0 Å². The fourth-order valence-electron chi connectivity index (χ4n) is 3.36. The van der Waals surface area contributed by atoms with Crippen molar-refractivity contribution in [1.82, 2.24) is 4.57 Å². The predicted octanol–water partition coefficient (Wildman–Crippen LogP) is 5.40. The van der Waals surface area contributed by atoms with E-state index in [2.05, 4.69) is 15.9 Å². The highest BCUT2D eigenvalue weighted by Gasteiger charge is 2.51. The molecule has 0 aliphatic carbocycles. The Kier molecular flexibility index (Phi) is 5.68. The van der Waals surface area contributed by atoms with Crippen LogP contribution in [-0.4, -0.2) is 20.8 Å². The molecule has 0 amide bonds. The van der Waals surface area contributed by atoms with E-state index in [-0.39, 0.29) is 32.9 Å². The normalized spacial score (nSPS) is 14.2. The number of aliphatic hydroxyl groups is 1. The van der Waals surface area contributed by atoms with Crippen LogP contribution >= 0.6 is 15.9 Å². The van der Waals surface area contributed by atoms with Gasteiger partial charge in [-0.15, -0.1) is 0 Å². The molecule has 3 aromatic rings. The molecule has 10 heteroatoms. The molecule has 0 bridgehead atoms. The first-order valence-corrected chi connectivity index (χ1v) is 9.93. The summed E-state index contributed by atoms with van der Waals surface area (Å²) in [6.45, 7) is 2.87. The number of nitro benzene ring substituents is 1. The number of fused-ring (bicyclic) bond motifs is 3. The van der Waals surface area contributed by atoms with Gasteiger partial charge in [0.1, 0.15) is 0 Å². The molecule has 6 nitrogen and oxygen atoms in total. The number of halogens is 4. The number of hydrogen-bond donors (Lipinski definition) is 1. The Morgan fingerprint density at radius 1 is 1.17 bits per heavy atom. The molecule has 1 heterocycles. The van der Waals surface area contributed by atoms with E-state index < -0.39 is 27.8 Å². The second-order valence-electron chi connectivity index (χ2n) is 7.22. The first-order chi connectivity index (χ1) is 13.9. The molecule has 0 spiro atoms. The van der Waals surface area contributed by atoms with E-state index in [1.54, 1.807) is 0 Å². The second kappa shape index (κ2) is 7.66. The van der Waals surface area contributed by atoms with E-state index in [1.807, 2.05) is 6.92 Å². The molecule has 1 aromatic heterocycles.